The van der Waals surface area contributed by atoms with Crippen LogP contribution in [-0.4, -0.2) is 24.8 Å². The predicted octanol–water partition coefficient (Wildman–Crippen LogP) is 13.1. The highest BCUT2D eigenvalue weighted by Crippen LogP contribution is 2.44. The van der Waals surface area contributed by atoms with Gasteiger partial charge in [-0.05, 0) is 74.0 Å². The summed E-state index contributed by atoms with van der Waals surface area (Å²) < 4.78 is 12.4. The maximum absolute atomic E-state index is 11.3. The van der Waals surface area contributed by atoms with Crippen molar-refractivity contribution in [2.75, 3.05) is 13.2 Å². The first-order chi connectivity index (χ1) is 21.3. The number of Topliss-reactive ketones (excluding diaryl/α,β-unsaturated/α-hetero) is 1. The molecule has 0 amide bonds. The Balaban J connectivity index is 0.000000317. The van der Waals surface area contributed by atoms with Gasteiger partial charge in [-0.1, -0.05) is 138 Å². The lowest BCUT2D eigenvalue weighted by Crippen LogP contribution is -2.49. The first kappa shape index (κ1) is 39.0. The first-order valence-electron chi connectivity index (χ1n) is 20.1. The number of ketones is 1. The van der Waals surface area contributed by atoms with Gasteiger partial charge >= 0.3 is 0 Å². The van der Waals surface area contributed by atoms with Crippen molar-refractivity contribution in [1.82, 2.24) is 0 Å². The van der Waals surface area contributed by atoms with Crippen molar-refractivity contribution in [3.63, 3.8) is 0 Å². The summed E-state index contributed by atoms with van der Waals surface area (Å²) in [7, 11) is 0. The van der Waals surface area contributed by atoms with E-state index in [0.29, 0.717) is 5.78 Å². The van der Waals surface area contributed by atoms with Gasteiger partial charge in [-0.25, -0.2) is 0 Å². The molecule has 0 radical (unpaired) electrons. The minimum absolute atomic E-state index is 0. The van der Waals surface area contributed by atoms with Crippen LogP contribution in [0.3, 0.4) is 0 Å². The van der Waals surface area contributed by atoms with Gasteiger partial charge in [0.05, 0.1) is 13.2 Å². The fourth-order valence-electron chi connectivity index (χ4n) is 9.43. The molecule has 266 valence electrons. The highest BCUT2D eigenvalue weighted by atomic mass is 16.7. The van der Waals surface area contributed by atoms with Gasteiger partial charge in [0.25, 0.3) is 0 Å². The Kier molecular flexibility index (Phi) is 17.5. The standard InChI is InChI=1S/C23H42O2.C18H32O.CH4.H2/c1-4-5-6-7-19-8-10-20(11-9-19)16-21-12-14-23(15-13-21)24-17-22(2,3)18-25-23;1-2-3-4-5-15-6-8-16(9-7-15)14-17-10-12-18(19)13-11-17;;/h19-21H,4-18H2,1-3H3;15-17H,2-14H2,1H3;1H4;1H/i;;;1+1. The highest BCUT2D eigenvalue weighted by Gasteiger charge is 2.43. The minimum atomic E-state index is -0.219. The number of rotatable bonds is 12. The van der Waals surface area contributed by atoms with E-state index in [2.05, 4.69) is 27.7 Å². The summed E-state index contributed by atoms with van der Waals surface area (Å²) in [6.07, 6.45) is 35.3. The number of hydrogen-bond donors (Lipinski definition) is 0. The molecule has 1 saturated heterocycles. The van der Waals surface area contributed by atoms with E-state index in [0.717, 1.165) is 74.4 Å². The summed E-state index contributed by atoms with van der Waals surface area (Å²) in [5.41, 5.74) is 0.192. The van der Waals surface area contributed by atoms with Crippen LogP contribution in [0, 0.1) is 40.9 Å². The van der Waals surface area contributed by atoms with Crippen LogP contribution in [0.4, 0.5) is 0 Å². The van der Waals surface area contributed by atoms with Gasteiger partial charge < -0.3 is 9.47 Å². The fourth-order valence-corrected chi connectivity index (χ4v) is 9.43. The second-order valence-electron chi connectivity index (χ2n) is 17.3. The zero-order valence-electron chi connectivity index (χ0n) is 30.0. The molecule has 4 aliphatic carbocycles. The second-order valence-corrected chi connectivity index (χ2v) is 17.3. The van der Waals surface area contributed by atoms with Crippen LogP contribution in [-0.2, 0) is 14.3 Å². The Labute approximate surface area is 283 Å². The normalized spacial score (nSPS) is 30.7. The lowest BCUT2D eigenvalue weighted by molar-refractivity contribution is -0.312. The molecule has 5 fully saturated rings. The van der Waals surface area contributed by atoms with Crippen molar-refractivity contribution in [3.05, 3.63) is 0 Å². The van der Waals surface area contributed by atoms with Crippen molar-refractivity contribution in [2.24, 2.45) is 40.9 Å². The van der Waals surface area contributed by atoms with Gasteiger partial charge in [-0.3, -0.25) is 4.79 Å². The SMILES string of the molecule is C.CCCCCC1CCC(CC2CCC(=O)CC2)CC1.CCCCCC1CCC(CC2CCC3(CC2)OCC(C)(C)CO3)CC1.[2HH]. The average Bonchev–Trinajstić information content (AvgIpc) is 3.03. The molecular formula is C42H80O3. The summed E-state index contributed by atoms with van der Waals surface area (Å²) >= 11 is 0. The fraction of sp³-hybridized carbons (Fsp3) is 0.976. The maximum atomic E-state index is 11.3. The van der Waals surface area contributed by atoms with E-state index in [1.54, 1.807) is 0 Å². The molecule has 0 atom stereocenters. The molecule has 0 aromatic carbocycles. The minimum Gasteiger partial charge on any atom is -0.349 e. The summed E-state index contributed by atoms with van der Waals surface area (Å²) in [5.74, 6) is 6.17. The molecule has 0 bridgehead atoms. The molecule has 0 N–H and O–H groups in total. The van der Waals surface area contributed by atoms with Crippen LogP contribution in [0.2, 0.25) is 0 Å². The molecule has 0 unspecified atom stereocenters. The van der Waals surface area contributed by atoms with E-state index in [9.17, 15) is 4.79 Å². The highest BCUT2D eigenvalue weighted by molar-refractivity contribution is 5.79. The molecule has 45 heavy (non-hydrogen) atoms. The molecule has 3 heteroatoms. The summed E-state index contributed by atoms with van der Waals surface area (Å²) in [4.78, 5) is 11.3. The molecular weight excluding hydrogens is 552 g/mol. The van der Waals surface area contributed by atoms with Crippen LogP contribution < -0.4 is 0 Å². The zero-order valence-corrected chi connectivity index (χ0v) is 30.0. The first-order valence-corrected chi connectivity index (χ1v) is 20.1. The van der Waals surface area contributed by atoms with Crippen LogP contribution >= 0.6 is 0 Å². The lowest BCUT2D eigenvalue weighted by Gasteiger charge is -2.47. The maximum Gasteiger partial charge on any atom is 0.168 e. The smallest absolute Gasteiger partial charge is 0.168 e. The Morgan fingerprint density at radius 1 is 0.578 bits per heavy atom. The second kappa shape index (κ2) is 20.2. The quantitative estimate of drug-likeness (QED) is 0.201. The summed E-state index contributed by atoms with van der Waals surface area (Å²) in [6.45, 7) is 10.8. The monoisotopic (exact) mass is 634 g/mol. The van der Waals surface area contributed by atoms with E-state index >= 15 is 0 Å². The molecule has 0 aromatic heterocycles. The van der Waals surface area contributed by atoms with E-state index in [1.165, 1.54) is 141 Å². The van der Waals surface area contributed by atoms with Gasteiger partial charge in [-0.2, -0.15) is 0 Å². The van der Waals surface area contributed by atoms with Gasteiger partial charge in [0.2, 0.25) is 0 Å². The van der Waals surface area contributed by atoms with Gasteiger partial charge in [-0.15, -0.1) is 0 Å². The number of ether oxygens (including phenoxy) is 2. The van der Waals surface area contributed by atoms with Crippen LogP contribution in [0.1, 0.15) is 203 Å². The predicted molar refractivity (Wildman–Crippen MR) is 195 cm³/mol. The van der Waals surface area contributed by atoms with E-state index in [4.69, 9.17) is 9.47 Å². The van der Waals surface area contributed by atoms with Gasteiger partial charge in [0.15, 0.2) is 5.79 Å². The van der Waals surface area contributed by atoms with E-state index in [-0.39, 0.29) is 20.1 Å². The summed E-state index contributed by atoms with van der Waals surface area (Å²) in [6, 6.07) is 0. The topological polar surface area (TPSA) is 35.5 Å². The van der Waals surface area contributed by atoms with Crippen LogP contribution in [0.25, 0.3) is 0 Å². The van der Waals surface area contributed by atoms with Crippen molar-refractivity contribution < 1.29 is 15.7 Å². The third-order valence-electron chi connectivity index (χ3n) is 12.7. The lowest BCUT2D eigenvalue weighted by atomic mass is 9.73. The van der Waals surface area contributed by atoms with Crippen molar-refractivity contribution in [1.29, 1.82) is 0 Å². The number of carbonyl (C=O) groups excluding carboxylic acids is 1. The third-order valence-corrected chi connectivity index (χ3v) is 12.7. The van der Waals surface area contributed by atoms with Crippen LogP contribution in [0.15, 0.2) is 0 Å². The largest absolute Gasteiger partial charge is 0.349 e. The number of carbonyl (C=O) groups is 1. The van der Waals surface area contributed by atoms with Crippen molar-refractivity contribution >= 4 is 5.78 Å². The molecule has 1 aliphatic heterocycles. The van der Waals surface area contributed by atoms with Crippen molar-refractivity contribution in [2.45, 2.75) is 208 Å². The molecule has 3 nitrogen and oxygen atoms in total. The van der Waals surface area contributed by atoms with Crippen molar-refractivity contribution in [3.8, 4) is 0 Å². The third kappa shape index (κ3) is 13.9. The van der Waals surface area contributed by atoms with Crippen LogP contribution in [0.5, 0.6) is 0 Å². The zero-order chi connectivity index (χ0) is 31.3. The Morgan fingerprint density at radius 3 is 1.38 bits per heavy atom. The number of hydrogen-bond acceptors (Lipinski definition) is 3. The Morgan fingerprint density at radius 2 is 0.956 bits per heavy atom. The molecule has 1 heterocycles. The average molecular weight is 634 g/mol. The molecule has 5 aliphatic rings. The Bertz CT molecular complexity index is 765. The summed E-state index contributed by atoms with van der Waals surface area (Å²) in [5, 5.41) is 0. The van der Waals surface area contributed by atoms with Gasteiger partial charge in [0.1, 0.15) is 5.78 Å². The van der Waals surface area contributed by atoms with Gasteiger partial charge in [0, 0.05) is 32.5 Å². The molecule has 0 aromatic rings. The Hall–Kier alpha value is -0.410. The molecule has 4 saturated carbocycles. The van der Waals surface area contributed by atoms with E-state index in [1.807, 2.05) is 0 Å². The molecule has 5 rings (SSSR count). The van der Waals surface area contributed by atoms with E-state index < -0.39 is 0 Å². The number of unbranched alkanes of at least 4 members (excludes halogenated alkanes) is 4. The molecule has 1 spiro atoms.